The summed E-state index contributed by atoms with van der Waals surface area (Å²) in [6, 6.07) is 7.84. The van der Waals surface area contributed by atoms with Crippen molar-refractivity contribution in [2.45, 2.75) is 18.9 Å². The van der Waals surface area contributed by atoms with Crippen LogP contribution < -0.4 is 16.0 Å². The Balaban J connectivity index is 1.35. The number of nitrogens with zero attached hydrogens (tertiary/aromatic N) is 5. The van der Waals surface area contributed by atoms with E-state index in [2.05, 4.69) is 56.7 Å². The van der Waals surface area contributed by atoms with Gasteiger partial charge in [0.15, 0.2) is 0 Å². The van der Waals surface area contributed by atoms with Gasteiger partial charge in [0, 0.05) is 55.9 Å². The average molecular weight is 514 g/mol. The van der Waals surface area contributed by atoms with Crippen LogP contribution in [-0.2, 0) is 6.42 Å². The molecule has 1 aliphatic heterocycles. The van der Waals surface area contributed by atoms with Gasteiger partial charge in [-0.05, 0) is 54.6 Å². The number of carbonyl (C=O) groups excluding carboxylic acids is 1. The molecule has 3 aromatic rings. The molecule has 0 radical (unpaired) electrons. The highest BCUT2D eigenvalue weighted by atomic mass is 79.9. The van der Waals surface area contributed by atoms with Crippen molar-refractivity contribution in [1.82, 2.24) is 29.7 Å². The van der Waals surface area contributed by atoms with Crippen molar-refractivity contribution in [2.24, 2.45) is 0 Å². The Kier molecular flexibility index (Phi) is 7.40. The number of halogens is 1. The number of hydrogen-bond acceptors (Lipinski definition) is 7. The number of hydrogen-bond donors (Lipinski definition) is 4. The summed E-state index contributed by atoms with van der Waals surface area (Å²) in [5.41, 5.74) is 2.48. The standard InChI is InChI=1S/C22H28BrN9O/c1-31(2)18-7-9-32(13-18)22(33)29-16-5-3-4-15(10-16)28-21-26-12-19(23)20(30-21)25-8-6-17-11-24-14-27-17/h3-5,10-12,14,18H,6-9,13H2,1-2H3,(H,24,27)(H,29,33)(H2,25,26,28,30)/t18-/m0/s1. The fourth-order valence-corrected chi connectivity index (χ4v) is 3.97. The SMILES string of the molecule is CN(C)[C@H]1CCN(C(=O)Nc2cccc(Nc3ncc(Br)c(NCCc4c[nH]cn4)n3)c2)C1. The second-order valence-electron chi connectivity index (χ2n) is 8.12. The molecule has 174 valence electrons. The van der Waals surface area contributed by atoms with Crippen LogP contribution in [0.2, 0.25) is 0 Å². The van der Waals surface area contributed by atoms with Crippen molar-refractivity contribution >= 4 is 45.1 Å². The van der Waals surface area contributed by atoms with Crippen molar-refractivity contribution in [2.75, 3.05) is 49.7 Å². The minimum atomic E-state index is -0.0835. The molecule has 3 heterocycles. The van der Waals surface area contributed by atoms with Gasteiger partial charge in [-0.1, -0.05) is 6.07 Å². The number of carbonyl (C=O) groups is 1. The Bertz CT molecular complexity index is 1070. The van der Waals surface area contributed by atoms with E-state index in [1.807, 2.05) is 49.5 Å². The lowest BCUT2D eigenvalue weighted by molar-refractivity contribution is 0.216. The lowest BCUT2D eigenvalue weighted by atomic mass is 10.2. The Morgan fingerprint density at radius 3 is 2.91 bits per heavy atom. The minimum absolute atomic E-state index is 0.0835. The van der Waals surface area contributed by atoms with Crippen LogP contribution in [0.3, 0.4) is 0 Å². The van der Waals surface area contributed by atoms with Gasteiger partial charge in [0.1, 0.15) is 5.82 Å². The van der Waals surface area contributed by atoms with E-state index in [4.69, 9.17) is 0 Å². The molecule has 0 saturated carbocycles. The van der Waals surface area contributed by atoms with Crippen LogP contribution in [0.4, 0.5) is 27.9 Å². The second kappa shape index (κ2) is 10.6. The van der Waals surface area contributed by atoms with Gasteiger partial charge in [-0.15, -0.1) is 0 Å². The number of benzene rings is 1. The van der Waals surface area contributed by atoms with Gasteiger partial charge in [0.05, 0.1) is 16.5 Å². The van der Waals surface area contributed by atoms with E-state index in [9.17, 15) is 4.79 Å². The first-order valence-corrected chi connectivity index (χ1v) is 11.6. The van der Waals surface area contributed by atoms with Crippen molar-refractivity contribution in [3.05, 3.63) is 53.2 Å². The molecule has 1 atom stereocenters. The largest absolute Gasteiger partial charge is 0.369 e. The Morgan fingerprint density at radius 2 is 2.15 bits per heavy atom. The number of anilines is 4. The van der Waals surface area contributed by atoms with E-state index >= 15 is 0 Å². The first kappa shape index (κ1) is 23.0. The van der Waals surface area contributed by atoms with Crippen molar-refractivity contribution in [3.8, 4) is 0 Å². The summed E-state index contributed by atoms with van der Waals surface area (Å²) >= 11 is 3.49. The zero-order valence-electron chi connectivity index (χ0n) is 18.7. The summed E-state index contributed by atoms with van der Waals surface area (Å²) in [5, 5.41) is 9.50. The summed E-state index contributed by atoms with van der Waals surface area (Å²) in [6.07, 6.45) is 7.00. The van der Waals surface area contributed by atoms with E-state index in [-0.39, 0.29) is 6.03 Å². The van der Waals surface area contributed by atoms with E-state index in [0.29, 0.717) is 30.0 Å². The summed E-state index contributed by atoms with van der Waals surface area (Å²) in [6.45, 7) is 2.18. The predicted octanol–water partition coefficient (Wildman–Crippen LogP) is 3.53. The fourth-order valence-electron chi connectivity index (χ4n) is 3.64. The summed E-state index contributed by atoms with van der Waals surface area (Å²) in [4.78, 5) is 32.7. The van der Waals surface area contributed by atoms with Crippen molar-refractivity contribution in [3.63, 3.8) is 0 Å². The highest BCUT2D eigenvalue weighted by molar-refractivity contribution is 9.10. The maximum atomic E-state index is 12.7. The third-order valence-electron chi connectivity index (χ3n) is 5.52. The first-order chi connectivity index (χ1) is 16.0. The molecule has 0 unspecified atom stereocenters. The molecule has 1 aromatic carbocycles. The van der Waals surface area contributed by atoms with Crippen LogP contribution >= 0.6 is 15.9 Å². The Labute approximate surface area is 201 Å². The molecule has 0 bridgehead atoms. The van der Waals surface area contributed by atoms with Crippen LogP contribution in [-0.4, -0.2) is 75.5 Å². The van der Waals surface area contributed by atoms with Crippen LogP contribution in [0, 0.1) is 0 Å². The molecule has 0 aliphatic carbocycles. The van der Waals surface area contributed by atoms with E-state index in [1.54, 1.807) is 12.5 Å². The van der Waals surface area contributed by atoms with Crippen LogP contribution in [0.25, 0.3) is 0 Å². The molecule has 1 fully saturated rings. The molecule has 11 heteroatoms. The number of likely N-dealkylation sites (N-methyl/N-ethyl adjacent to an activating group) is 1. The molecule has 2 aromatic heterocycles. The molecule has 2 amide bonds. The smallest absolute Gasteiger partial charge is 0.321 e. The van der Waals surface area contributed by atoms with Crippen molar-refractivity contribution in [1.29, 1.82) is 0 Å². The maximum Gasteiger partial charge on any atom is 0.321 e. The van der Waals surface area contributed by atoms with Crippen LogP contribution in [0.1, 0.15) is 12.1 Å². The molecular weight excluding hydrogens is 486 g/mol. The summed E-state index contributed by atoms with van der Waals surface area (Å²) in [7, 11) is 4.09. The van der Waals surface area contributed by atoms with Gasteiger partial charge in [-0.3, -0.25) is 0 Å². The van der Waals surface area contributed by atoms with E-state index in [1.165, 1.54) is 0 Å². The normalized spacial score (nSPS) is 15.6. The number of imidazole rings is 1. The number of likely N-dealkylation sites (tertiary alicyclic amines) is 1. The fraction of sp³-hybridized carbons (Fsp3) is 0.364. The number of amides is 2. The topological polar surface area (TPSA) is 114 Å². The molecule has 1 aliphatic rings. The first-order valence-electron chi connectivity index (χ1n) is 10.8. The Hall–Kier alpha value is -3.18. The number of rotatable bonds is 8. The molecule has 33 heavy (non-hydrogen) atoms. The van der Waals surface area contributed by atoms with Gasteiger partial charge in [-0.25, -0.2) is 14.8 Å². The monoisotopic (exact) mass is 513 g/mol. The quantitative estimate of drug-likeness (QED) is 0.364. The number of aromatic nitrogens is 4. The van der Waals surface area contributed by atoms with E-state index < -0.39 is 0 Å². The third kappa shape index (κ3) is 6.20. The van der Waals surface area contributed by atoms with Gasteiger partial charge in [-0.2, -0.15) is 4.98 Å². The van der Waals surface area contributed by atoms with Gasteiger partial charge < -0.3 is 30.7 Å². The highest BCUT2D eigenvalue weighted by Crippen LogP contribution is 2.24. The molecule has 0 spiro atoms. The zero-order valence-corrected chi connectivity index (χ0v) is 20.3. The van der Waals surface area contributed by atoms with Gasteiger partial charge >= 0.3 is 6.03 Å². The highest BCUT2D eigenvalue weighted by Gasteiger charge is 2.27. The summed E-state index contributed by atoms with van der Waals surface area (Å²) < 4.78 is 0.776. The number of urea groups is 1. The zero-order chi connectivity index (χ0) is 23.2. The third-order valence-corrected chi connectivity index (χ3v) is 6.10. The van der Waals surface area contributed by atoms with E-state index in [0.717, 1.165) is 41.8 Å². The minimum Gasteiger partial charge on any atom is -0.369 e. The lowest BCUT2D eigenvalue weighted by Crippen LogP contribution is -2.36. The predicted molar refractivity (Wildman–Crippen MR) is 133 cm³/mol. The Morgan fingerprint density at radius 1 is 1.30 bits per heavy atom. The molecule has 4 rings (SSSR count). The second-order valence-corrected chi connectivity index (χ2v) is 8.97. The number of H-pyrrole nitrogens is 1. The van der Waals surface area contributed by atoms with Crippen LogP contribution in [0.15, 0.2) is 47.5 Å². The number of nitrogens with one attached hydrogen (secondary N) is 4. The maximum absolute atomic E-state index is 12.7. The molecule has 10 nitrogen and oxygen atoms in total. The number of aromatic amines is 1. The van der Waals surface area contributed by atoms with Gasteiger partial charge in [0.2, 0.25) is 5.95 Å². The molecule has 4 N–H and O–H groups in total. The lowest BCUT2D eigenvalue weighted by Gasteiger charge is -2.21. The van der Waals surface area contributed by atoms with Crippen molar-refractivity contribution < 1.29 is 4.79 Å². The average Bonchev–Trinajstić information content (AvgIpc) is 3.49. The molecule has 1 saturated heterocycles. The van der Waals surface area contributed by atoms with Gasteiger partial charge in [0.25, 0.3) is 0 Å². The molecular formula is C22H28BrN9O. The summed E-state index contributed by atoms with van der Waals surface area (Å²) in [5.74, 6) is 1.15. The van der Waals surface area contributed by atoms with Crippen LogP contribution in [0.5, 0.6) is 0 Å².